The van der Waals surface area contributed by atoms with Gasteiger partial charge in [-0.2, -0.15) is 30.6 Å². The number of nitrogens with one attached hydrogen (secondary N) is 1. The number of nitrogens with zero attached hydrogens (tertiary/aromatic N) is 5. The molecule has 5 aromatic rings. The van der Waals surface area contributed by atoms with Gasteiger partial charge in [0.25, 0.3) is 33.2 Å². The standard InChI is InChI=1S/C59H74N4O15S3.C23H26N2O2.CH4.O3S/c1-11-13-30-62-42-37-43-54(59(9,10)49(63(43)32-19-35-80(70,71)72)28-17-26-47-57(5,6)52-41(22-15-24-45(52)78-39-65)61(47)31-18-34-79(67,68)69)50(55(66)76-33-20-36-81(73,74)75)53(42)58(7,8)48(62)27-16-25-46-56(3,4)51-40(60(46)29-12-2)21-14-23-44(51)77-38-64;1-4-5-16-25-19-13-9-12-18(22(26)27)21(19)23(2,3)20(25)14-15-24-17-10-7-6-8-11-17;;1-4(2)3/h14-17,21-28,37-39H,11-13,18-20,29-36H2,1-10H3,(H-2,67,68,69,70,71,72,73,74,75);6-15H,4-5,16H2,1-3H3,(H,26,27);1H4;/p+2. The topological polar surface area (TPSA) is 361 Å². The van der Waals surface area contributed by atoms with Gasteiger partial charge in [0.2, 0.25) is 17.1 Å². The lowest BCUT2D eigenvalue weighted by Gasteiger charge is -2.27. The number of benzene rings is 5. The van der Waals surface area contributed by atoms with E-state index in [0.717, 1.165) is 84.0 Å². The fourth-order valence-electron chi connectivity index (χ4n) is 16.2. The monoisotopic (exact) mass is 1630 g/mol. The van der Waals surface area contributed by atoms with Crippen LogP contribution in [0.2, 0.25) is 0 Å². The summed E-state index contributed by atoms with van der Waals surface area (Å²) in [6.45, 7) is 29.2. The Hall–Kier alpha value is -9.56. The van der Waals surface area contributed by atoms with Crippen molar-refractivity contribution < 1.29 is 104 Å². The summed E-state index contributed by atoms with van der Waals surface area (Å²) in [6, 6.07) is 28.4. The van der Waals surface area contributed by atoms with E-state index >= 15 is 4.79 Å². The van der Waals surface area contributed by atoms with Gasteiger partial charge in [0, 0.05) is 119 Å². The molecule has 0 fully saturated rings. The zero-order valence-corrected chi connectivity index (χ0v) is 68.9. The van der Waals surface area contributed by atoms with Gasteiger partial charge in [-0.25, -0.2) is 18.0 Å². The van der Waals surface area contributed by atoms with E-state index in [0.29, 0.717) is 88.3 Å². The lowest BCUT2D eigenvalue weighted by Crippen LogP contribution is -2.33. The minimum absolute atomic E-state index is 0. The van der Waals surface area contributed by atoms with Crippen LogP contribution in [0.1, 0.15) is 197 Å². The number of carbonyl (C=O) groups excluding carboxylic acids is 3. The summed E-state index contributed by atoms with van der Waals surface area (Å²) < 4.78 is 152. The summed E-state index contributed by atoms with van der Waals surface area (Å²) in [7, 11) is -16.5. The molecule has 113 heavy (non-hydrogen) atoms. The zero-order valence-electron chi connectivity index (χ0n) is 65.6. The highest BCUT2D eigenvalue weighted by molar-refractivity contribution is 7.86. The number of allylic oxidation sites excluding steroid dienone is 9. The van der Waals surface area contributed by atoms with Crippen LogP contribution in [-0.4, -0.2) is 169 Å². The molecule has 5 aromatic carbocycles. The lowest BCUT2D eigenvalue weighted by molar-refractivity contribution is -0.445. The molecule has 0 radical (unpaired) electrons. The Kier molecular flexibility index (Phi) is 29.8. The normalized spacial score (nSPS) is 17.3. The van der Waals surface area contributed by atoms with Crippen molar-refractivity contribution >= 4 is 117 Å². The van der Waals surface area contributed by atoms with E-state index in [4.69, 9.17) is 26.8 Å². The second kappa shape index (κ2) is 37.2. The number of para-hydroxylation sites is 1. The number of carboxylic acid groups (broad SMARTS) is 1. The summed E-state index contributed by atoms with van der Waals surface area (Å²) in [5.74, 6) is -2.67. The Labute approximate surface area is 666 Å². The van der Waals surface area contributed by atoms with Crippen molar-refractivity contribution in [1.82, 2.24) is 0 Å². The van der Waals surface area contributed by atoms with Crippen molar-refractivity contribution in [3.05, 3.63) is 190 Å². The van der Waals surface area contributed by atoms with Crippen LogP contribution in [0, 0.1) is 0 Å². The SMILES string of the molecule is C.CCCC[N+]1=C(/C=C/C=C2/N(CCC)c3cccc(OC=O)c3C2(C)C)C(C)(C)c2c1cc1c(c2C(=O)OCCCS(=O)(=O)O)C(C)(C)C(/C=C/C=C2\N(CCCS(=O)(=O)O)c3cccc(OC=O)c3C2(C)C)=[N+]1CCCS(=O)(=O)[O-].CCCC[N+]1=C(/C=C/Nc2ccccc2)C(C)(C)c2c(C(=O)O)cccc21.O=S(=O)=O. The number of hydrogen-bond acceptors (Lipinski definition) is 20. The van der Waals surface area contributed by atoms with E-state index in [1.54, 1.807) is 30.3 Å². The second-order valence-corrected chi connectivity index (χ2v) is 35.5. The summed E-state index contributed by atoms with van der Waals surface area (Å²) in [6.07, 6.45) is 19.9. The number of aromatic carboxylic acids is 1. The lowest BCUT2D eigenvalue weighted by atomic mass is 9.72. The minimum Gasteiger partial charge on any atom is -0.748 e. The number of anilines is 3. The molecule has 0 saturated heterocycles. The maximum atomic E-state index is 15.2. The predicted octanol–water partition coefficient (Wildman–Crippen LogP) is 13.7. The average Bonchev–Trinajstić information content (AvgIpc) is 1.53. The van der Waals surface area contributed by atoms with Gasteiger partial charge >= 0.3 is 22.5 Å². The largest absolute Gasteiger partial charge is 0.748 e. The molecule has 5 aliphatic rings. The van der Waals surface area contributed by atoms with Gasteiger partial charge in [0.1, 0.15) is 31.1 Å². The van der Waals surface area contributed by atoms with Crippen LogP contribution < -0.4 is 24.6 Å². The molecule has 30 heteroatoms. The quantitative estimate of drug-likeness (QED) is 0.00996. The fraction of sp³-hybridized carbons (Fsp3) is 0.434. The first-order valence-corrected chi connectivity index (χ1v) is 43.0. The van der Waals surface area contributed by atoms with Crippen LogP contribution in [0.25, 0.3) is 0 Å². The summed E-state index contributed by atoms with van der Waals surface area (Å²) in [5, 5.41) is 13.0. The maximum absolute atomic E-state index is 15.2. The van der Waals surface area contributed by atoms with E-state index in [1.807, 2.05) is 148 Å². The Balaban J connectivity index is 0.000000459. The van der Waals surface area contributed by atoms with E-state index in [2.05, 4.69) is 80.0 Å². The van der Waals surface area contributed by atoms with Crippen molar-refractivity contribution in [3.63, 3.8) is 0 Å². The minimum atomic E-state index is -4.67. The fourth-order valence-corrected chi connectivity index (χ4v) is 17.7. The molecule has 5 heterocycles. The number of unbranched alkanes of at least 4 members (excludes halogenated alkanes) is 2. The number of fused-ring (bicyclic) bond motifs is 5. The molecule has 26 nitrogen and oxygen atoms in total. The van der Waals surface area contributed by atoms with Crippen molar-refractivity contribution in [3.8, 4) is 11.5 Å². The first-order valence-electron chi connectivity index (χ1n) is 37.2. The van der Waals surface area contributed by atoms with Gasteiger partial charge < -0.3 is 39.0 Å². The van der Waals surface area contributed by atoms with Crippen molar-refractivity contribution in [2.75, 3.05) is 71.7 Å². The van der Waals surface area contributed by atoms with Gasteiger partial charge in [-0.05, 0) is 115 Å². The van der Waals surface area contributed by atoms with Gasteiger partial charge in [0.15, 0.2) is 17.1 Å². The van der Waals surface area contributed by atoms with Gasteiger partial charge in [-0.3, -0.25) is 18.7 Å². The Morgan fingerprint density at radius 1 is 0.531 bits per heavy atom. The Bertz CT molecular complexity index is 5200. The third kappa shape index (κ3) is 20.3. The number of rotatable bonds is 33. The highest BCUT2D eigenvalue weighted by Crippen LogP contribution is 2.56. The molecule has 0 aromatic heterocycles. The number of carbonyl (C=O) groups is 4. The first kappa shape index (κ1) is 90.6. The smallest absolute Gasteiger partial charge is 0.425 e. The van der Waals surface area contributed by atoms with Crippen LogP contribution in [0.5, 0.6) is 11.5 Å². The Morgan fingerprint density at radius 3 is 1.42 bits per heavy atom. The first-order chi connectivity index (χ1) is 52.6. The van der Waals surface area contributed by atoms with Crippen LogP contribution >= 0.6 is 0 Å². The van der Waals surface area contributed by atoms with Crippen LogP contribution in [-0.2, 0) is 82.4 Å². The van der Waals surface area contributed by atoms with Gasteiger partial charge in [-0.1, -0.05) is 117 Å². The third-order valence-corrected chi connectivity index (χ3v) is 23.3. The van der Waals surface area contributed by atoms with Crippen molar-refractivity contribution in [1.29, 1.82) is 0 Å². The van der Waals surface area contributed by atoms with Gasteiger partial charge in [0.05, 0.1) is 78.4 Å². The Morgan fingerprint density at radius 2 is 0.973 bits per heavy atom. The molecular weight excluding hydrogens is 1530 g/mol. The van der Waals surface area contributed by atoms with Crippen LogP contribution in [0.15, 0.2) is 151 Å². The maximum Gasteiger partial charge on any atom is 0.425 e. The van der Waals surface area contributed by atoms with Gasteiger partial charge in [-0.15, -0.1) is 12.6 Å². The number of carboxylic acids is 1. The van der Waals surface area contributed by atoms with E-state index in [9.17, 15) is 58.4 Å². The number of hydrogen-bond donors (Lipinski definition) is 4. The van der Waals surface area contributed by atoms with E-state index < -0.39 is 91.8 Å². The number of ether oxygens (including phenoxy) is 3. The molecule has 0 unspecified atom stereocenters. The summed E-state index contributed by atoms with van der Waals surface area (Å²) in [5.41, 5.74) is 9.58. The molecule has 0 spiro atoms. The highest BCUT2D eigenvalue weighted by Gasteiger charge is 2.56. The molecule has 4 N–H and O–H groups in total. The highest BCUT2D eigenvalue weighted by atomic mass is 32.2. The molecule has 0 aliphatic carbocycles. The molecule has 610 valence electrons. The average molecular weight is 1640 g/mol. The third-order valence-electron chi connectivity index (χ3n) is 20.9. The van der Waals surface area contributed by atoms with Crippen LogP contribution in [0.4, 0.5) is 34.1 Å². The molecule has 0 bridgehead atoms. The van der Waals surface area contributed by atoms with Crippen molar-refractivity contribution in [2.45, 2.75) is 176 Å². The molecule has 5 aliphatic heterocycles. The molecular formula is C83H106N6O20S4+2. The van der Waals surface area contributed by atoms with Crippen LogP contribution in [0.3, 0.4) is 0 Å². The molecule has 0 amide bonds. The predicted molar refractivity (Wildman–Crippen MR) is 437 cm³/mol. The number of esters is 1. The molecule has 0 atom stereocenters. The zero-order chi connectivity index (χ0) is 82.7. The second-order valence-electron chi connectivity index (χ2n) is 30.4. The summed E-state index contributed by atoms with van der Waals surface area (Å²) >= 11 is 0. The molecule has 10 rings (SSSR count). The van der Waals surface area contributed by atoms with E-state index in [-0.39, 0.29) is 57.4 Å². The van der Waals surface area contributed by atoms with Crippen molar-refractivity contribution in [2.24, 2.45) is 0 Å². The molecule has 0 saturated carbocycles. The summed E-state index contributed by atoms with van der Waals surface area (Å²) in [4.78, 5) is 54.5. The van der Waals surface area contributed by atoms with E-state index in [1.165, 1.54) is 0 Å².